The Morgan fingerprint density at radius 3 is 2.22 bits per heavy atom. The van der Waals surface area contributed by atoms with Gasteiger partial charge in [-0.2, -0.15) is 26.0 Å². The van der Waals surface area contributed by atoms with Gasteiger partial charge in [0.1, 0.15) is 5.75 Å². The number of benzene rings is 1. The second kappa shape index (κ2) is 8.35. The highest BCUT2D eigenvalue weighted by Gasteiger charge is 2.65. The van der Waals surface area contributed by atoms with Gasteiger partial charge in [-0.25, -0.2) is 9.59 Å². The number of carbonyl (C=O) groups excluding carboxylic acids is 2. The zero-order valence-corrected chi connectivity index (χ0v) is 14.1. The van der Waals surface area contributed by atoms with Crippen molar-refractivity contribution >= 4 is 27.9 Å². The van der Waals surface area contributed by atoms with Crippen molar-refractivity contribution in [3.05, 3.63) is 36.9 Å². The number of ether oxygens (including phenoxy) is 2. The molecule has 0 saturated heterocycles. The molecule has 2 N–H and O–H groups in total. The first-order chi connectivity index (χ1) is 12.3. The lowest BCUT2D eigenvalue weighted by Crippen LogP contribution is -2.47. The van der Waals surface area contributed by atoms with Crippen molar-refractivity contribution in [3.8, 4) is 5.75 Å². The van der Waals surface area contributed by atoms with E-state index in [0.717, 1.165) is 6.08 Å². The van der Waals surface area contributed by atoms with E-state index >= 15 is 0 Å². The minimum absolute atomic E-state index is 0.0911. The van der Waals surface area contributed by atoms with Crippen LogP contribution >= 0.6 is 0 Å². The quantitative estimate of drug-likeness (QED) is 0.220. The molecule has 8 nitrogen and oxygen atoms in total. The van der Waals surface area contributed by atoms with Crippen LogP contribution in [0.5, 0.6) is 5.75 Å². The Balaban J connectivity index is 2.56. The lowest BCUT2D eigenvalue weighted by atomic mass is 10.2. The molecule has 1 rings (SSSR count). The van der Waals surface area contributed by atoms with Crippen LogP contribution in [0.2, 0.25) is 0 Å². The summed E-state index contributed by atoms with van der Waals surface area (Å²) < 4.78 is 90.1. The average molecular weight is 415 g/mol. The van der Waals surface area contributed by atoms with E-state index in [1.54, 1.807) is 0 Å². The number of amides is 1. The van der Waals surface area contributed by atoms with E-state index in [1.165, 1.54) is 24.3 Å². The zero-order chi connectivity index (χ0) is 20.9. The first kappa shape index (κ1) is 22.4. The molecule has 0 radical (unpaired) electrons. The molecule has 0 aromatic heterocycles. The van der Waals surface area contributed by atoms with Crippen LogP contribution in [-0.4, -0.2) is 42.8 Å². The highest BCUT2D eigenvalue weighted by molar-refractivity contribution is 7.87. The number of anilines is 1. The van der Waals surface area contributed by atoms with Crippen molar-refractivity contribution in [3.63, 3.8) is 0 Å². The van der Waals surface area contributed by atoms with Crippen molar-refractivity contribution in [2.24, 2.45) is 0 Å². The van der Waals surface area contributed by atoms with Crippen molar-refractivity contribution in [2.45, 2.75) is 17.6 Å². The molecule has 0 fully saturated rings. The molecule has 0 unspecified atom stereocenters. The smallest absolute Gasteiger partial charge is 0.431 e. The molecule has 0 aliphatic carbocycles. The summed E-state index contributed by atoms with van der Waals surface area (Å²) >= 11 is 0. The SMILES string of the molecule is C=CC(=O)Oc1ccc(NC(=O)OCCC(F)(F)C(F)(F)S(=O)(=O)O)cc1. The minimum Gasteiger partial charge on any atom is -0.449 e. The number of alkyl halides is 4. The second-order valence-electron chi connectivity index (χ2n) is 4.86. The van der Waals surface area contributed by atoms with Crippen LogP contribution in [0.1, 0.15) is 6.42 Å². The van der Waals surface area contributed by atoms with Gasteiger partial charge >= 0.3 is 33.4 Å². The third-order valence-corrected chi connectivity index (χ3v) is 3.83. The summed E-state index contributed by atoms with van der Waals surface area (Å²) in [5.74, 6) is -5.78. The molecule has 1 aromatic rings. The number of carbonyl (C=O) groups is 2. The third-order valence-electron chi connectivity index (χ3n) is 2.88. The summed E-state index contributed by atoms with van der Waals surface area (Å²) in [6.07, 6.45) is -2.23. The molecular formula is C14H13F4NO7S. The van der Waals surface area contributed by atoms with Gasteiger partial charge in [0.15, 0.2) is 0 Å². The molecule has 13 heteroatoms. The number of hydrogen-bond acceptors (Lipinski definition) is 6. The molecule has 0 spiro atoms. The van der Waals surface area contributed by atoms with Crippen LogP contribution in [0.4, 0.5) is 28.0 Å². The van der Waals surface area contributed by atoms with Gasteiger partial charge in [0.05, 0.1) is 13.0 Å². The fourth-order valence-electron chi connectivity index (χ4n) is 1.52. The van der Waals surface area contributed by atoms with E-state index in [2.05, 4.69) is 16.6 Å². The van der Waals surface area contributed by atoms with Crippen LogP contribution in [0.15, 0.2) is 36.9 Å². The van der Waals surface area contributed by atoms with Crippen molar-refractivity contribution in [1.82, 2.24) is 0 Å². The largest absolute Gasteiger partial charge is 0.449 e. The highest BCUT2D eigenvalue weighted by atomic mass is 32.2. The standard InChI is InChI=1S/C14H13F4NO7S/c1-2-11(20)26-10-5-3-9(4-6-10)19-12(21)25-8-7-13(15,16)14(17,18)27(22,23)24/h2-6H,1,7-8H2,(H,19,21)(H,22,23,24). The van der Waals surface area contributed by atoms with Crippen molar-refractivity contribution < 1.29 is 49.6 Å². The van der Waals surface area contributed by atoms with Gasteiger partial charge in [-0.1, -0.05) is 6.58 Å². The number of halogens is 4. The Bertz CT molecular complexity index is 809. The van der Waals surface area contributed by atoms with Crippen LogP contribution in [0.3, 0.4) is 0 Å². The third kappa shape index (κ3) is 5.92. The predicted octanol–water partition coefficient (Wildman–Crippen LogP) is 2.83. The van der Waals surface area contributed by atoms with E-state index in [1.807, 2.05) is 0 Å². The van der Waals surface area contributed by atoms with Crippen LogP contribution < -0.4 is 10.1 Å². The molecule has 1 amide bonds. The van der Waals surface area contributed by atoms with Gasteiger partial charge in [0, 0.05) is 11.8 Å². The highest BCUT2D eigenvalue weighted by Crippen LogP contribution is 2.40. The van der Waals surface area contributed by atoms with Crippen LogP contribution in [0.25, 0.3) is 0 Å². The molecule has 0 aliphatic rings. The van der Waals surface area contributed by atoms with E-state index < -0.39 is 46.4 Å². The lowest BCUT2D eigenvalue weighted by Gasteiger charge is -2.23. The van der Waals surface area contributed by atoms with E-state index in [4.69, 9.17) is 9.29 Å². The molecule has 27 heavy (non-hydrogen) atoms. The fourth-order valence-corrected chi connectivity index (χ4v) is 2.00. The normalized spacial score (nSPS) is 12.2. The summed E-state index contributed by atoms with van der Waals surface area (Å²) in [6, 6.07) is 5.07. The fraction of sp³-hybridized carbons (Fsp3) is 0.286. The average Bonchev–Trinajstić information content (AvgIpc) is 2.55. The molecule has 0 saturated carbocycles. The lowest BCUT2D eigenvalue weighted by molar-refractivity contribution is -0.168. The molecule has 0 aliphatic heterocycles. The maximum Gasteiger partial charge on any atom is 0.431 e. The Morgan fingerprint density at radius 2 is 1.74 bits per heavy atom. The van der Waals surface area contributed by atoms with Crippen LogP contribution in [-0.2, 0) is 19.6 Å². The van der Waals surface area contributed by atoms with E-state index in [9.17, 15) is 35.6 Å². The molecule has 0 heterocycles. The number of nitrogens with one attached hydrogen (secondary N) is 1. The number of rotatable bonds is 8. The number of hydrogen-bond donors (Lipinski definition) is 2. The summed E-state index contributed by atoms with van der Waals surface area (Å²) in [5.41, 5.74) is 0.0911. The molecule has 150 valence electrons. The van der Waals surface area contributed by atoms with Gasteiger partial charge in [-0.3, -0.25) is 9.87 Å². The van der Waals surface area contributed by atoms with Crippen molar-refractivity contribution in [1.29, 1.82) is 0 Å². The Morgan fingerprint density at radius 1 is 1.19 bits per heavy atom. The number of esters is 1. The Hall–Kier alpha value is -2.67. The summed E-state index contributed by atoms with van der Waals surface area (Å²) in [7, 11) is -6.36. The Labute approximate surface area is 150 Å². The van der Waals surface area contributed by atoms with Gasteiger partial charge in [-0.15, -0.1) is 0 Å². The first-order valence-electron chi connectivity index (χ1n) is 6.91. The zero-order valence-electron chi connectivity index (χ0n) is 13.3. The molecular weight excluding hydrogens is 402 g/mol. The summed E-state index contributed by atoms with van der Waals surface area (Å²) in [4.78, 5) is 22.4. The molecule has 0 bridgehead atoms. The summed E-state index contributed by atoms with van der Waals surface area (Å²) in [5, 5.41) is -3.67. The van der Waals surface area contributed by atoms with Gasteiger partial charge in [0.25, 0.3) is 0 Å². The Kier molecular flexibility index (Phi) is 6.92. The molecule has 0 atom stereocenters. The topological polar surface area (TPSA) is 119 Å². The van der Waals surface area contributed by atoms with Gasteiger partial charge in [0.2, 0.25) is 0 Å². The summed E-state index contributed by atoms with van der Waals surface area (Å²) in [6.45, 7) is 1.93. The van der Waals surface area contributed by atoms with Crippen LogP contribution in [0, 0.1) is 0 Å². The van der Waals surface area contributed by atoms with E-state index in [0.29, 0.717) is 0 Å². The van der Waals surface area contributed by atoms with Gasteiger partial charge < -0.3 is 9.47 Å². The van der Waals surface area contributed by atoms with Gasteiger partial charge in [-0.05, 0) is 24.3 Å². The maximum atomic E-state index is 13.2. The van der Waals surface area contributed by atoms with E-state index in [-0.39, 0.29) is 11.4 Å². The second-order valence-corrected chi connectivity index (χ2v) is 6.32. The predicted molar refractivity (Wildman–Crippen MR) is 83.3 cm³/mol. The molecule has 1 aromatic carbocycles. The monoisotopic (exact) mass is 415 g/mol. The van der Waals surface area contributed by atoms with Crippen molar-refractivity contribution in [2.75, 3.05) is 11.9 Å². The minimum atomic E-state index is -6.36. The first-order valence-corrected chi connectivity index (χ1v) is 8.35. The maximum absolute atomic E-state index is 13.2.